The van der Waals surface area contributed by atoms with Crippen LogP contribution in [0.25, 0.3) is 10.8 Å². The molecule has 0 spiro atoms. The largest absolute Gasteiger partial charge is 0.385 e. The van der Waals surface area contributed by atoms with Gasteiger partial charge in [-0.15, -0.1) is 0 Å². The highest BCUT2D eigenvalue weighted by Gasteiger charge is 2.33. The molecule has 0 aliphatic heterocycles. The molecule has 3 rings (SSSR count). The van der Waals surface area contributed by atoms with Gasteiger partial charge in [0, 0.05) is 23.3 Å². The van der Waals surface area contributed by atoms with Crippen LogP contribution in [0.2, 0.25) is 0 Å². The van der Waals surface area contributed by atoms with Crippen molar-refractivity contribution in [2.24, 2.45) is 5.92 Å². The Labute approximate surface area is 120 Å². The quantitative estimate of drug-likeness (QED) is 0.819. The number of fused-ring (bicyclic) bond motifs is 1. The van der Waals surface area contributed by atoms with Gasteiger partial charge in [0.1, 0.15) is 0 Å². The van der Waals surface area contributed by atoms with Crippen LogP contribution >= 0.6 is 0 Å². The van der Waals surface area contributed by atoms with Crippen molar-refractivity contribution in [1.82, 2.24) is 4.98 Å². The van der Waals surface area contributed by atoms with Crippen molar-refractivity contribution in [1.29, 1.82) is 0 Å². The number of aliphatic hydroxyl groups is 1. The molecule has 2 heteroatoms. The minimum absolute atomic E-state index is 0.697. The fraction of sp³-hybridized carbons (Fsp3) is 0.500. The second-order valence-corrected chi connectivity index (χ2v) is 6.14. The second-order valence-electron chi connectivity index (χ2n) is 6.14. The SMILES string of the molecule is CCC1CCCC(O)(c2cncc3ccccc23)CC1. The van der Waals surface area contributed by atoms with Crippen LogP contribution in [0.15, 0.2) is 36.7 Å². The predicted octanol–water partition coefficient (Wildman–Crippen LogP) is 4.41. The van der Waals surface area contributed by atoms with Crippen molar-refractivity contribution in [3.8, 4) is 0 Å². The first-order chi connectivity index (χ1) is 9.73. The van der Waals surface area contributed by atoms with Gasteiger partial charge < -0.3 is 5.11 Å². The maximum Gasteiger partial charge on any atom is 0.0917 e. The van der Waals surface area contributed by atoms with Crippen molar-refractivity contribution >= 4 is 10.8 Å². The van der Waals surface area contributed by atoms with E-state index in [0.29, 0.717) is 0 Å². The summed E-state index contributed by atoms with van der Waals surface area (Å²) < 4.78 is 0. The lowest BCUT2D eigenvalue weighted by atomic mass is 9.84. The van der Waals surface area contributed by atoms with Crippen LogP contribution in [0.3, 0.4) is 0 Å². The molecule has 2 aromatic rings. The molecule has 20 heavy (non-hydrogen) atoms. The maximum atomic E-state index is 11.2. The van der Waals surface area contributed by atoms with Crippen LogP contribution in [0.5, 0.6) is 0 Å². The van der Waals surface area contributed by atoms with E-state index in [1.807, 2.05) is 24.5 Å². The summed E-state index contributed by atoms with van der Waals surface area (Å²) in [6.45, 7) is 2.26. The Bertz CT molecular complexity index is 589. The van der Waals surface area contributed by atoms with Crippen LogP contribution in [-0.4, -0.2) is 10.1 Å². The number of pyridine rings is 1. The third-order valence-electron chi connectivity index (χ3n) is 4.92. The average molecular weight is 269 g/mol. The molecule has 1 aliphatic carbocycles. The molecule has 1 aliphatic rings. The Morgan fingerprint density at radius 3 is 2.90 bits per heavy atom. The normalized spacial score (nSPS) is 27.4. The van der Waals surface area contributed by atoms with Gasteiger partial charge in [0.15, 0.2) is 0 Å². The molecule has 2 unspecified atom stereocenters. The molecule has 0 saturated heterocycles. The molecule has 1 fully saturated rings. The Morgan fingerprint density at radius 1 is 1.20 bits per heavy atom. The molecule has 1 saturated carbocycles. The molecule has 1 heterocycles. The summed E-state index contributed by atoms with van der Waals surface area (Å²) >= 11 is 0. The van der Waals surface area contributed by atoms with E-state index in [-0.39, 0.29) is 0 Å². The fourth-order valence-corrected chi connectivity index (χ4v) is 3.56. The van der Waals surface area contributed by atoms with Crippen molar-refractivity contribution in [3.05, 3.63) is 42.2 Å². The highest BCUT2D eigenvalue weighted by atomic mass is 16.3. The predicted molar refractivity (Wildman–Crippen MR) is 82.5 cm³/mol. The van der Waals surface area contributed by atoms with E-state index in [1.54, 1.807) is 0 Å². The lowest BCUT2D eigenvalue weighted by Crippen LogP contribution is -2.25. The van der Waals surface area contributed by atoms with Gasteiger partial charge in [0.25, 0.3) is 0 Å². The minimum Gasteiger partial charge on any atom is -0.385 e. The number of hydrogen-bond donors (Lipinski definition) is 1. The summed E-state index contributed by atoms with van der Waals surface area (Å²) in [5.41, 5.74) is 0.324. The van der Waals surface area contributed by atoms with Gasteiger partial charge in [0.2, 0.25) is 0 Å². The first kappa shape index (κ1) is 13.6. The number of nitrogens with zero attached hydrogens (tertiary/aromatic N) is 1. The molecule has 0 amide bonds. The zero-order valence-corrected chi connectivity index (χ0v) is 12.2. The zero-order chi connectivity index (χ0) is 14.0. The molecule has 106 valence electrons. The van der Waals surface area contributed by atoms with Gasteiger partial charge in [-0.25, -0.2) is 0 Å². The lowest BCUT2D eigenvalue weighted by Gasteiger charge is -2.28. The molecule has 2 nitrogen and oxygen atoms in total. The summed E-state index contributed by atoms with van der Waals surface area (Å²) in [6.07, 6.45) is 10.2. The minimum atomic E-state index is -0.697. The van der Waals surface area contributed by atoms with Crippen molar-refractivity contribution in [3.63, 3.8) is 0 Å². The standard InChI is InChI=1S/C18H23NO/c1-2-14-6-5-10-18(20,11-9-14)17-13-19-12-15-7-3-4-8-16(15)17/h3-4,7-8,12-14,20H,2,5-6,9-11H2,1H3. The molecule has 2 atom stereocenters. The topological polar surface area (TPSA) is 33.1 Å². The Morgan fingerprint density at radius 2 is 2.05 bits per heavy atom. The molecule has 0 bridgehead atoms. The van der Waals surface area contributed by atoms with E-state index in [2.05, 4.69) is 24.0 Å². The van der Waals surface area contributed by atoms with Crippen LogP contribution in [0.4, 0.5) is 0 Å². The van der Waals surface area contributed by atoms with E-state index >= 15 is 0 Å². The van der Waals surface area contributed by atoms with Crippen LogP contribution in [-0.2, 0) is 5.60 Å². The molecule has 1 aromatic heterocycles. The highest BCUT2D eigenvalue weighted by Crippen LogP contribution is 2.40. The van der Waals surface area contributed by atoms with Gasteiger partial charge >= 0.3 is 0 Å². The summed E-state index contributed by atoms with van der Waals surface area (Å²) in [5.74, 6) is 0.770. The highest BCUT2D eigenvalue weighted by molar-refractivity contribution is 5.85. The fourth-order valence-electron chi connectivity index (χ4n) is 3.56. The van der Waals surface area contributed by atoms with E-state index in [4.69, 9.17) is 0 Å². The van der Waals surface area contributed by atoms with Gasteiger partial charge in [-0.05, 0) is 37.0 Å². The van der Waals surface area contributed by atoms with Crippen molar-refractivity contribution in [2.45, 2.75) is 51.0 Å². The summed E-state index contributed by atoms with van der Waals surface area (Å²) in [5, 5.41) is 13.5. The van der Waals surface area contributed by atoms with E-state index < -0.39 is 5.60 Å². The Balaban J connectivity index is 2.01. The van der Waals surface area contributed by atoms with Gasteiger partial charge in [-0.1, -0.05) is 44.0 Å². The van der Waals surface area contributed by atoms with Crippen LogP contribution in [0, 0.1) is 5.92 Å². The Hall–Kier alpha value is -1.41. The van der Waals surface area contributed by atoms with E-state index in [0.717, 1.165) is 47.9 Å². The van der Waals surface area contributed by atoms with Crippen molar-refractivity contribution in [2.75, 3.05) is 0 Å². The van der Waals surface area contributed by atoms with Gasteiger partial charge in [0.05, 0.1) is 5.60 Å². The van der Waals surface area contributed by atoms with Gasteiger partial charge in [-0.3, -0.25) is 4.98 Å². The van der Waals surface area contributed by atoms with Crippen molar-refractivity contribution < 1.29 is 5.11 Å². The van der Waals surface area contributed by atoms with E-state index in [9.17, 15) is 5.11 Å². The number of rotatable bonds is 2. The molecular formula is C18H23NO. The summed E-state index contributed by atoms with van der Waals surface area (Å²) in [6, 6.07) is 8.24. The van der Waals surface area contributed by atoms with Crippen LogP contribution < -0.4 is 0 Å². The summed E-state index contributed by atoms with van der Waals surface area (Å²) in [7, 11) is 0. The van der Waals surface area contributed by atoms with Gasteiger partial charge in [-0.2, -0.15) is 0 Å². The zero-order valence-electron chi connectivity index (χ0n) is 12.2. The smallest absolute Gasteiger partial charge is 0.0917 e. The average Bonchev–Trinajstić information content (AvgIpc) is 2.69. The number of benzene rings is 1. The maximum absolute atomic E-state index is 11.2. The first-order valence-corrected chi connectivity index (χ1v) is 7.78. The van der Waals surface area contributed by atoms with E-state index in [1.165, 1.54) is 12.8 Å². The monoisotopic (exact) mass is 269 g/mol. The third-order valence-corrected chi connectivity index (χ3v) is 4.92. The molecular weight excluding hydrogens is 246 g/mol. The number of aromatic nitrogens is 1. The second kappa shape index (κ2) is 5.53. The molecule has 1 aromatic carbocycles. The third kappa shape index (κ3) is 2.45. The van der Waals surface area contributed by atoms with Crippen LogP contribution in [0.1, 0.15) is 51.0 Å². The Kier molecular flexibility index (Phi) is 3.75. The lowest BCUT2D eigenvalue weighted by molar-refractivity contribution is 0.0208. The number of hydrogen-bond acceptors (Lipinski definition) is 2. The first-order valence-electron chi connectivity index (χ1n) is 7.78. The molecule has 0 radical (unpaired) electrons. The summed E-state index contributed by atoms with van der Waals surface area (Å²) in [4.78, 5) is 4.34. The molecule has 1 N–H and O–H groups in total.